The summed E-state index contributed by atoms with van der Waals surface area (Å²) < 4.78 is 10.2. The Morgan fingerprint density at radius 3 is 2.74 bits per heavy atom. The Hall–Kier alpha value is -1.78. The average Bonchev–Trinajstić information content (AvgIpc) is 2.37. The summed E-state index contributed by atoms with van der Waals surface area (Å²) in [6, 6.07) is 0. The van der Waals surface area contributed by atoms with Crippen LogP contribution in [0.3, 0.4) is 0 Å². The molecule has 2 unspecified atom stereocenters. The second-order valence-corrected chi connectivity index (χ2v) is 4.71. The van der Waals surface area contributed by atoms with Crippen molar-refractivity contribution < 1.29 is 24.2 Å². The molecule has 19 heavy (non-hydrogen) atoms. The van der Waals surface area contributed by atoms with E-state index in [1.807, 2.05) is 19.9 Å². The third-order valence-electron chi connectivity index (χ3n) is 2.78. The maximum Gasteiger partial charge on any atom is 0.313 e. The smallest absolute Gasteiger partial charge is 0.313 e. The van der Waals surface area contributed by atoms with Crippen molar-refractivity contribution >= 4 is 11.9 Å². The number of hydrogen-bond acceptors (Lipinski definition) is 4. The van der Waals surface area contributed by atoms with E-state index in [1.54, 1.807) is 12.3 Å². The van der Waals surface area contributed by atoms with Crippen molar-refractivity contribution in [1.82, 2.24) is 0 Å². The number of esters is 1. The zero-order chi connectivity index (χ0) is 14.3. The molecule has 2 atom stereocenters. The second-order valence-electron chi connectivity index (χ2n) is 4.71. The molecule has 0 radical (unpaired) electrons. The highest BCUT2D eigenvalue weighted by Gasteiger charge is 2.34. The Bertz CT molecular complexity index is 379. The number of aliphatic carboxylic acids is 1. The Labute approximate surface area is 112 Å². The third kappa shape index (κ3) is 5.16. The summed E-state index contributed by atoms with van der Waals surface area (Å²) in [6.45, 7) is 4.19. The molecule has 0 aromatic rings. The summed E-state index contributed by atoms with van der Waals surface area (Å²) in [7, 11) is 0. The van der Waals surface area contributed by atoms with E-state index >= 15 is 0 Å². The zero-order valence-electron chi connectivity index (χ0n) is 11.3. The predicted octanol–water partition coefficient (Wildman–Crippen LogP) is 2.14. The molecule has 0 amide bonds. The van der Waals surface area contributed by atoms with Crippen molar-refractivity contribution in [2.45, 2.75) is 26.7 Å². The molecule has 0 saturated heterocycles. The highest BCUT2D eigenvalue weighted by molar-refractivity contribution is 5.83. The van der Waals surface area contributed by atoms with Crippen LogP contribution in [0.1, 0.15) is 26.7 Å². The van der Waals surface area contributed by atoms with Gasteiger partial charge in [-0.3, -0.25) is 9.59 Å². The van der Waals surface area contributed by atoms with Gasteiger partial charge in [0.1, 0.15) is 13.2 Å². The number of carbonyl (C=O) groups is 2. The minimum atomic E-state index is -0.952. The number of carbonyl (C=O) groups excluding carboxylic acids is 1. The molecule has 5 heteroatoms. The van der Waals surface area contributed by atoms with Crippen LogP contribution in [-0.4, -0.2) is 30.3 Å². The summed E-state index contributed by atoms with van der Waals surface area (Å²) >= 11 is 0. The van der Waals surface area contributed by atoms with Gasteiger partial charge in [0.15, 0.2) is 0 Å². The lowest BCUT2D eigenvalue weighted by Crippen LogP contribution is -2.32. The molecule has 0 aromatic carbocycles. The molecule has 1 aliphatic carbocycles. The maximum absolute atomic E-state index is 11.8. The molecule has 1 aliphatic rings. The van der Waals surface area contributed by atoms with Gasteiger partial charge in [0.2, 0.25) is 0 Å². The first-order valence-electron chi connectivity index (χ1n) is 6.33. The lowest BCUT2D eigenvalue weighted by Gasteiger charge is -2.22. The van der Waals surface area contributed by atoms with Gasteiger partial charge in [0.25, 0.3) is 0 Å². The summed E-state index contributed by atoms with van der Waals surface area (Å²) in [6.07, 6.45) is 6.20. The van der Waals surface area contributed by atoms with Gasteiger partial charge in [-0.2, -0.15) is 0 Å². The van der Waals surface area contributed by atoms with Crippen molar-refractivity contribution in [2.75, 3.05) is 13.2 Å². The van der Waals surface area contributed by atoms with Crippen molar-refractivity contribution in [3.63, 3.8) is 0 Å². The van der Waals surface area contributed by atoms with E-state index in [0.29, 0.717) is 12.8 Å². The predicted molar refractivity (Wildman–Crippen MR) is 69.3 cm³/mol. The molecule has 0 saturated carbocycles. The second kappa shape index (κ2) is 7.61. The zero-order valence-corrected chi connectivity index (χ0v) is 11.3. The third-order valence-corrected chi connectivity index (χ3v) is 2.78. The number of carboxylic acid groups (broad SMARTS) is 1. The molecule has 5 nitrogen and oxygen atoms in total. The molecule has 0 heterocycles. The maximum atomic E-state index is 11.8. The molecule has 0 fully saturated rings. The molecular weight excluding hydrogens is 248 g/mol. The number of rotatable bonds is 6. The monoisotopic (exact) mass is 268 g/mol. The molecule has 1 N–H and O–H groups in total. The van der Waals surface area contributed by atoms with E-state index < -0.39 is 23.8 Å². The van der Waals surface area contributed by atoms with Crippen LogP contribution in [0, 0.1) is 11.8 Å². The molecule has 0 spiro atoms. The highest BCUT2D eigenvalue weighted by atomic mass is 16.6. The van der Waals surface area contributed by atoms with Crippen LogP contribution in [0.5, 0.6) is 0 Å². The molecular formula is C14H20O5. The quantitative estimate of drug-likeness (QED) is 0.346. The van der Waals surface area contributed by atoms with E-state index in [0.717, 1.165) is 5.57 Å². The van der Waals surface area contributed by atoms with Gasteiger partial charge < -0.3 is 14.6 Å². The van der Waals surface area contributed by atoms with Crippen LogP contribution in [0.25, 0.3) is 0 Å². The largest absolute Gasteiger partial charge is 0.498 e. The van der Waals surface area contributed by atoms with Gasteiger partial charge in [0, 0.05) is 0 Å². The fourth-order valence-electron chi connectivity index (χ4n) is 1.86. The standard InChI is InChI=1S/C14H20O5/c1-10(2)9-18-7-8-19-14(17)12-6-4-3-5-11(12)13(15)16/h4,6,9,11-12H,3,5,7-8H2,1-2H3,(H,15,16). The number of hydrogen-bond donors (Lipinski definition) is 1. The van der Waals surface area contributed by atoms with Crippen LogP contribution in [-0.2, 0) is 19.1 Å². The summed E-state index contributed by atoms with van der Waals surface area (Å²) in [5, 5.41) is 9.05. The fourth-order valence-corrected chi connectivity index (χ4v) is 1.86. The van der Waals surface area contributed by atoms with Crippen molar-refractivity contribution in [1.29, 1.82) is 0 Å². The lowest BCUT2D eigenvalue weighted by molar-refractivity contribution is -0.156. The minimum absolute atomic E-state index is 0.124. The van der Waals surface area contributed by atoms with Crippen LogP contribution in [0.2, 0.25) is 0 Å². The van der Waals surface area contributed by atoms with Gasteiger partial charge in [-0.15, -0.1) is 0 Å². The van der Waals surface area contributed by atoms with Crippen molar-refractivity contribution in [3.05, 3.63) is 24.0 Å². The Morgan fingerprint density at radius 2 is 2.11 bits per heavy atom. The number of ether oxygens (including phenoxy) is 2. The van der Waals surface area contributed by atoms with E-state index in [9.17, 15) is 9.59 Å². The Morgan fingerprint density at radius 1 is 1.37 bits per heavy atom. The first-order valence-corrected chi connectivity index (χ1v) is 6.33. The highest BCUT2D eigenvalue weighted by Crippen LogP contribution is 2.26. The van der Waals surface area contributed by atoms with Gasteiger partial charge in [0.05, 0.1) is 18.1 Å². The first-order chi connectivity index (χ1) is 9.02. The van der Waals surface area contributed by atoms with Crippen LogP contribution < -0.4 is 0 Å². The summed E-state index contributed by atoms with van der Waals surface area (Å²) in [5.41, 5.74) is 1.02. The van der Waals surface area contributed by atoms with Crippen molar-refractivity contribution in [2.24, 2.45) is 11.8 Å². The van der Waals surface area contributed by atoms with Gasteiger partial charge in [-0.05, 0) is 32.3 Å². The number of carboxylic acids is 1. The first kappa shape index (κ1) is 15.3. The van der Waals surface area contributed by atoms with Crippen LogP contribution in [0.15, 0.2) is 24.0 Å². The average molecular weight is 268 g/mol. The van der Waals surface area contributed by atoms with Crippen LogP contribution >= 0.6 is 0 Å². The Balaban J connectivity index is 2.39. The van der Waals surface area contributed by atoms with Crippen molar-refractivity contribution in [3.8, 4) is 0 Å². The Kier molecular flexibility index (Phi) is 6.12. The molecule has 0 aromatic heterocycles. The van der Waals surface area contributed by atoms with E-state index in [1.165, 1.54) is 0 Å². The molecule has 0 aliphatic heterocycles. The van der Waals surface area contributed by atoms with E-state index in [2.05, 4.69) is 0 Å². The summed E-state index contributed by atoms with van der Waals surface area (Å²) in [5.74, 6) is -2.82. The SMILES string of the molecule is CC(C)=COCCOC(=O)C1C=CCCC1C(=O)O. The van der Waals surface area contributed by atoms with E-state index in [-0.39, 0.29) is 13.2 Å². The van der Waals surface area contributed by atoms with Gasteiger partial charge >= 0.3 is 11.9 Å². The summed E-state index contributed by atoms with van der Waals surface area (Å²) in [4.78, 5) is 22.8. The molecule has 1 rings (SSSR count). The normalized spacial score (nSPS) is 21.6. The van der Waals surface area contributed by atoms with Gasteiger partial charge in [-0.25, -0.2) is 0 Å². The number of allylic oxidation sites excluding steroid dienone is 2. The topological polar surface area (TPSA) is 72.8 Å². The molecule has 0 bridgehead atoms. The minimum Gasteiger partial charge on any atom is -0.498 e. The molecule has 106 valence electrons. The lowest BCUT2D eigenvalue weighted by atomic mass is 9.84. The van der Waals surface area contributed by atoms with E-state index in [4.69, 9.17) is 14.6 Å². The fraction of sp³-hybridized carbons (Fsp3) is 0.571. The van der Waals surface area contributed by atoms with Crippen LogP contribution in [0.4, 0.5) is 0 Å². The van der Waals surface area contributed by atoms with Gasteiger partial charge in [-0.1, -0.05) is 12.2 Å².